The lowest BCUT2D eigenvalue weighted by Gasteiger charge is -2.32. The highest BCUT2D eigenvalue weighted by Crippen LogP contribution is 2.24. The van der Waals surface area contributed by atoms with E-state index in [-0.39, 0.29) is 18.3 Å². The predicted octanol–water partition coefficient (Wildman–Crippen LogP) is 3.29. The zero-order chi connectivity index (χ0) is 13.1. The van der Waals surface area contributed by atoms with E-state index in [9.17, 15) is 0 Å². The minimum absolute atomic E-state index is 0.225. The van der Waals surface area contributed by atoms with Crippen LogP contribution in [0.1, 0.15) is 44.7 Å². The van der Waals surface area contributed by atoms with Gasteiger partial charge in [0, 0.05) is 25.1 Å². The Kier molecular flexibility index (Phi) is 4.23. The fourth-order valence-electron chi connectivity index (χ4n) is 2.60. The van der Waals surface area contributed by atoms with Gasteiger partial charge in [-0.05, 0) is 38.3 Å². The van der Waals surface area contributed by atoms with E-state index in [0.717, 1.165) is 25.1 Å². The molecule has 1 aromatic heterocycles. The molecule has 1 aromatic rings. The topological polar surface area (TPSA) is 31.4 Å². The van der Waals surface area contributed by atoms with Crippen molar-refractivity contribution in [3.8, 4) is 5.88 Å². The third-order valence-electron chi connectivity index (χ3n) is 3.52. The Morgan fingerprint density at radius 2 is 2.00 bits per heavy atom. The van der Waals surface area contributed by atoms with Gasteiger partial charge in [0.05, 0.1) is 12.2 Å². The second-order valence-corrected chi connectivity index (χ2v) is 5.27. The first-order chi connectivity index (χ1) is 8.58. The Bertz CT molecular complexity index is 395. The number of hydrogen-bond acceptors (Lipinski definition) is 3. The van der Waals surface area contributed by atoms with Crippen molar-refractivity contribution in [2.75, 3.05) is 0 Å². The largest absolute Gasteiger partial charge is 0.474 e. The van der Waals surface area contributed by atoms with Gasteiger partial charge in [-0.2, -0.15) is 0 Å². The number of pyridine rings is 1. The van der Waals surface area contributed by atoms with Crippen LogP contribution in [0.5, 0.6) is 5.88 Å². The summed E-state index contributed by atoms with van der Waals surface area (Å²) in [5, 5.41) is 0. The fourth-order valence-corrected chi connectivity index (χ4v) is 2.60. The molecule has 1 aliphatic rings. The number of aromatic nitrogens is 1. The molecule has 0 aromatic carbocycles. The van der Waals surface area contributed by atoms with E-state index in [1.807, 2.05) is 12.3 Å². The second-order valence-electron chi connectivity index (χ2n) is 5.27. The average Bonchev–Trinajstić information content (AvgIpc) is 2.27. The molecule has 2 rings (SSSR count). The van der Waals surface area contributed by atoms with Crippen molar-refractivity contribution in [2.45, 2.75) is 65.3 Å². The molecular formula is C15H23NO2. The van der Waals surface area contributed by atoms with E-state index in [1.165, 1.54) is 11.1 Å². The summed E-state index contributed by atoms with van der Waals surface area (Å²) in [6.07, 6.45) is 5.61. The van der Waals surface area contributed by atoms with Crippen LogP contribution in [-0.2, 0) is 11.2 Å². The molecular weight excluding hydrogens is 226 g/mol. The van der Waals surface area contributed by atoms with Crippen LogP contribution >= 0.6 is 0 Å². The van der Waals surface area contributed by atoms with Gasteiger partial charge in [0.1, 0.15) is 6.10 Å². The van der Waals surface area contributed by atoms with Crippen LogP contribution in [0.3, 0.4) is 0 Å². The maximum absolute atomic E-state index is 5.99. The number of ether oxygens (including phenoxy) is 2. The minimum Gasteiger partial charge on any atom is -0.474 e. The zero-order valence-electron chi connectivity index (χ0n) is 11.8. The van der Waals surface area contributed by atoms with Gasteiger partial charge >= 0.3 is 0 Å². The van der Waals surface area contributed by atoms with Crippen LogP contribution in [0.4, 0.5) is 0 Å². The molecule has 1 aliphatic heterocycles. The highest BCUT2D eigenvalue weighted by Gasteiger charge is 2.26. The molecule has 3 atom stereocenters. The van der Waals surface area contributed by atoms with E-state index in [2.05, 4.69) is 32.7 Å². The molecule has 0 saturated carbocycles. The monoisotopic (exact) mass is 249 g/mol. The van der Waals surface area contributed by atoms with Crippen molar-refractivity contribution in [3.63, 3.8) is 0 Å². The maximum Gasteiger partial charge on any atom is 0.213 e. The number of aryl methyl sites for hydroxylation is 2. The number of rotatable bonds is 3. The third-order valence-corrected chi connectivity index (χ3v) is 3.52. The second kappa shape index (κ2) is 5.70. The molecule has 0 aliphatic carbocycles. The summed E-state index contributed by atoms with van der Waals surface area (Å²) in [5.41, 5.74) is 2.55. The highest BCUT2D eigenvalue weighted by molar-refractivity contribution is 5.28. The maximum atomic E-state index is 5.99. The van der Waals surface area contributed by atoms with Crippen LogP contribution in [0.15, 0.2) is 12.3 Å². The summed E-state index contributed by atoms with van der Waals surface area (Å²) in [6.45, 7) is 8.46. The van der Waals surface area contributed by atoms with Crippen LogP contribution < -0.4 is 4.74 Å². The van der Waals surface area contributed by atoms with Crippen molar-refractivity contribution < 1.29 is 9.47 Å². The highest BCUT2D eigenvalue weighted by atomic mass is 16.5. The Balaban J connectivity index is 2.02. The van der Waals surface area contributed by atoms with Crippen molar-refractivity contribution in [2.24, 2.45) is 0 Å². The molecule has 18 heavy (non-hydrogen) atoms. The summed E-state index contributed by atoms with van der Waals surface area (Å²) in [6, 6.07) is 2.05. The third kappa shape index (κ3) is 3.22. The van der Waals surface area contributed by atoms with Gasteiger partial charge < -0.3 is 9.47 Å². The first-order valence-corrected chi connectivity index (χ1v) is 6.86. The Morgan fingerprint density at radius 1 is 1.33 bits per heavy atom. The summed E-state index contributed by atoms with van der Waals surface area (Å²) >= 11 is 0. The van der Waals surface area contributed by atoms with Crippen LogP contribution in [0.2, 0.25) is 0 Å². The Labute approximate surface area is 110 Å². The molecule has 3 nitrogen and oxygen atoms in total. The number of nitrogens with zero attached hydrogens (tertiary/aromatic N) is 1. The molecule has 0 amide bonds. The molecule has 1 unspecified atom stereocenters. The summed E-state index contributed by atoms with van der Waals surface area (Å²) < 4.78 is 11.7. The van der Waals surface area contributed by atoms with E-state index in [1.54, 1.807) is 0 Å². The van der Waals surface area contributed by atoms with Gasteiger partial charge in [-0.1, -0.05) is 6.92 Å². The van der Waals surface area contributed by atoms with Crippen molar-refractivity contribution in [1.82, 2.24) is 4.98 Å². The zero-order valence-corrected chi connectivity index (χ0v) is 11.8. The lowest BCUT2D eigenvalue weighted by atomic mass is 10.0. The van der Waals surface area contributed by atoms with E-state index in [4.69, 9.17) is 9.47 Å². The number of hydrogen-bond donors (Lipinski definition) is 0. The molecule has 0 N–H and O–H groups in total. The lowest BCUT2D eigenvalue weighted by Crippen LogP contribution is -2.35. The Morgan fingerprint density at radius 3 is 2.56 bits per heavy atom. The molecule has 1 fully saturated rings. The summed E-state index contributed by atoms with van der Waals surface area (Å²) in [4.78, 5) is 4.39. The first-order valence-electron chi connectivity index (χ1n) is 6.86. The van der Waals surface area contributed by atoms with Gasteiger partial charge in [-0.3, -0.25) is 0 Å². The van der Waals surface area contributed by atoms with Crippen molar-refractivity contribution in [1.29, 1.82) is 0 Å². The minimum atomic E-state index is 0.225. The van der Waals surface area contributed by atoms with Gasteiger partial charge in [0.25, 0.3) is 0 Å². The van der Waals surface area contributed by atoms with Crippen LogP contribution in [0, 0.1) is 6.92 Å². The molecule has 0 bridgehead atoms. The van der Waals surface area contributed by atoms with E-state index in [0.29, 0.717) is 0 Å². The van der Waals surface area contributed by atoms with Crippen LogP contribution in [0.25, 0.3) is 0 Å². The Hall–Kier alpha value is -1.09. The standard InChI is InChI=1S/C15H23NO2/c1-5-13-9-16-15(6-10(13)2)18-14-7-11(3)17-12(4)8-14/h6,9,11-12,14H,5,7-8H2,1-4H3/t11-,12+,14?. The van der Waals surface area contributed by atoms with Crippen molar-refractivity contribution >= 4 is 0 Å². The summed E-state index contributed by atoms with van der Waals surface area (Å²) in [5.74, 6) is 0.746. The lowest BCUT2D eigenvalue weighted by molar-refractivity contribution is -0.0729. The fraction of sp³-hybridized carbons (Fsp3) is 0.667. The van der Waals surface area contributed by atoms with Crippen LogP contribution in [-0.4, -0.2) is 23.3 Å². The normalized spacial score (nSPS) is 28.1. The van der Waals surface area contributed by atoms with E-state index < -0.39 is 0 Å². The summed E-state index contributed by atoms with van der Waals surface area (Å²) in [7, 11) is 0. The van der Waals surface area contributed by atoms with Gasteiger partial charge in [0.2, 0.25) is 5.88 Å². The van der Waals surface area contributed by atoms with Gasteiger partial charge in [0.15, 0.2) is 0 Å². The SMILES string of the molecule is CCc1cnc(OC2C[C@@H](C)O[C@@H](C)C2)cc1C. The smallest absolute Gasteiger partial charge is 0.213 e. The average molecular weight is 249 g/mol. The predicted molar refractivity (Wildman–Crippen MR) is 72.0 cm³/mol. The molecule has 100 valence electrons. The van der Waals surface area contributed by atoms with E-state index >= 15 is 0 Å². The molecule has 0 radical (unpaired) electrons. The quantitative estimate of drug-likeness (QED) is 0.823. The van der Waals surface area contributed by atoms with Gasteiger partial charge in [-0.25, -0.2) is 4.98 Å². The molecule has 2 heterocycles. The van der Waals surface area contributed by atoms with Gasteiger partial charge in [-0.15, -0.1) is 0 Å². The first kappa shape index (κ1) is 13.3. The van der Waals surface area contributed by atoms with Crippen molar-refractivity contribution in [3.05, 3.63) is 23.4 Å². The molecule has 0 spiro atoms. The molecule has 3 heteroatoms. The molecule has 1 saturated heterocycles.